The molecule has 0 aliphatic rings. The fourth-order valence-corrected chi connectivity index (χ4v) is 5.99. The van der Waals surface area contributed by atoms with E-state index in [2.05, 4.69) is 41.1 Å². The summed E-state index contributed by atoms with van der Waals surface area (Å²) >= 11 is 0. The molecule has 1 atom stereocenters. The molecule has 1 unspecified atom stereocenters. The van der Waals surface area contributed by atoms with Crippen molar-refractivity contribution in [1.29, 1.82) is 0 Å². The number of rotatable bonds is 10. The Morgan fingerprint density at radius 3 is 1.88 bits per heavy atom. The van der Waals surface area contributed by atoms with Crippen LogP contribution in [-0.4, -0.2) is 50.7 Å². The first-order chi connectivity index (χ1) is 16.4. The van der Waals surface area contributed by atoms with Crippen molar-refractivity contribution in [2.24, 2.45) is 0 Å². The summed E-state index contributed by atoms with van der Waals surface area (Å²) in [7, 11) is 0.597. The maximum atomic E-state index is 13.5. The van der Waals surface area contributed by atoms with Gasteiger partial charge in [0, 0.05) is 25.7 Å². The first kappa shape index (κ1) is 24.1. The van der Waals surface area contributed by atoms with Gasteiger partial charge in [0.25, 0.3) is 0 Å². The monoisotopic (exact) mass is 472 g/mol. The largest absolute Gasteiger partial charge is 0.301 e. The molecular formula is C29H32N2O2S. The van der Waals surface area contributed by atoms with Crippen molar-refractivity contribution in [3.05, 3.63) is 114 Å². The maximum Gasteiger partial charge on any atom is 0.179 e. The fraction of sp³-hybridized carbons (Fsp3) is 0.241. The molecule has 0 fully saturated rings. The molecule has 5 heteroatoms. The zero-order valence-electron chi connectivity index (χ0n) is 19.8. The molecule has 4 nitrogen and oxygen atoms in total. The van der Waals surface area contributed by atoms with Crippen molar-refractivity contribution in [2.45, 2.75) is 24.0 Å². The van der Waals surface area contributed by atoms with Crippen molar-refractivity contribution < 1.29 is 8.42 Å². The van der Waals surface area contributed by atoms with Gasteiger partial charge in [0.15, 0.2) is 9.84 Å². The highest BCUT2D eigenvalue weighted by Gasteiger charge is 2.26. The third-order valence-electron chi connectivity index (χ3n) is 6.21. The lowest BCUT2D eigenvalue weighted by Gasteiger charge is -2.32. The van der Waals surface area contributed by atoms with Gasteiger partial charge in [0.2, 0.25) is 0 Å². The van der Waals surface area contributed by atoms with Crippen LogP contribution in [0.5, 0.6) is 0 Å². The van der Waals surface area contributed by atoms with E-state index in [1.54, 1.807) is 12.1 Å². The van der Waals surface area contributed by atoms with Gasteiger partial charge < -0.3 is 4.90 Å². The lowest BCUT2D eigenvalue weighted by molar-refractivity contribution is 0.184. The molecule has 0 N–H and O–H groups in total. The number of nitrogens with zero attached hydrogens (tertiary/aromatic N) is 2. The van der Waals surface area contributed by atoms with Crippen LogP contribution in [0, 0.1) is 0 Å². The number of likely N-dealkylation sites (N-methyl/N-ethyl adjacent to an activating group) is 2. The van der Waals surface area contributed by atoms with Crippen LogP contribution < -0.4 is 0 Å². The summed E-state index contributed by atoms with van der Waals surface area (Å²) in [6.07, 6.45) is 0. The Labute approximate surface area is 203 Å². The molecule has 0 amide bonds. The van der Waals surface area contributed by atoms with Crippen LogP contribution in [-0.2, 0) is 22.9 Å². The van der Waals surface area contributed by atoms with Crippen LogP contribution in [0.2, 0.25) is 0 Å². The van der Waals surface area contributed by atoms with Crippen LogP contribution >= 0.6 is 0 Å². The van der Waals surface area contributed by atoms with E-state index in [-0.39, 0.29) is 11.8 Å². The van der Waals surface area contributed by atoms with E-state index < -0.39 is 9.84 Å². The normalized spacial score (nSPS) is 12.9. The molecular weight excluding hydrogens is 440 g/mol. The van der Waals surface area contributed by atoms with Crippen molar-refractivity contribution in [1.82, 2.24) is 9.80 Å². The number of hydrogen-bond donors (Lipinski definition) is 0. The van der Waals surface area contributed by atoms with Gasteiger partial charge in [-0.25, -0.2) is 8.42 Å². The Hall–Kier alpha value is -2.99. The molecule has 0 saturated heterocycles. The summed E-state index contributed by atoms with van der Waals surface area (Å²) in [6, 6.07) is 33.6. The van der Waals surface area contributed by atoms with E-state index in [9.17, 15) is 8.42 Å². The molecule has 0 aromatic heterocycles. The lowest BCUT2D eigenvalue weighted by Crippen LogP contribution is -2.44. The average Bonchev–Trinajstić information content (AvgIpc) is 2.84. The van der Waals surface area contributed by atoms with Crippen molar-refractivity contribution in [3.8, 4) is 0 Å². The molecule has 34 heavy (non-hydrogen) atoms. The summed E-state index contributed by atoms with van der Waals surface area (Å²) in [5, 5.41) is 1.99. The zero-order valence-corrected chi connectivity index (χ0v) is 20.7. The third kappa shape index (κ3) is 6.32. The van der Waals surface area contributed by atoms with E-state index in [4.69, 9.17) is 0 Å². The molecule has 4 aromatic rings. The minimum Gasteiger partial charge on any atom is -0.301 e. The van der Waals surface area contributed by atoms with Gasteiger partial charge in [-0.2, -0.15) is 0 Å². The molecule has 4 aromatic carbocycles. The minimum atomic E-state index is -3.48. The van der Waals surface area contributed by atoms with E-state index in [0.29, 0.717) is 18.0 Å². The van der Waals surface area contributed by atoms with E-state index in [1.165, 1.54) is 11.1 Å². The number of fused-ring (bicyclic) bond motifs is 1. The summed E-state index contributed by atoms with van der Waals surface area (Å²) in [6.45, 7) is 2.11. The second-order valence-electron chi connectivity index (χ2n) is 9.03. The first-order valence-electron chi connectivity index (χ1n) is 11.6. The van der Waals surface area contributed by atoms with E-state index >= 15 is 0 Å². The second-order valence-corrected chi connectivity index (χ2v) is 11.1. The summed E-state index contributed by atoms with van der Waals surface area (Å²) in [5.41, 5.74) is 2.38. The SMILES string of the molecule is CN(Cc1ccccc1)CC(CS(=O)(=O)c1ccc2ccccc2c1)N(C)Cc1ccccc1. The van der Waals surface area contributed by atoms with Crippen LogP contribution in [0.15, 0.2) is 108 Å². The Morgan fingerprint density at radius 1 is 0.676 bits per heavy atom. The zero-order chi connectivity index (χ0) is 24.0. The van der Waals surface area contributed by atoms with Crippen molar-refractivity contribution >= 4 is 20.6 Å². The molecule has 0 aliphatic heterocycles. The summed E-state index contributed by atoms with van der Waals surface area (Å²) in [5.74, 6) is 0.0633. The van der Waals surface area contributed by atoms with Gasteiger partial charge in [-0.1, -0.05) is 91.0 Å². The highest BCUT2D eigenvalue weighted by atomic mass is 32.2. The first-order valence-corrected chi connectivity index (χ1v) is 13.2. The van der Waals surface area contributed by atoms with Gasteiger partial charge in [0.05, 0.1) is 10.6 Å². The maximum absolute atomic E-state index is 13.5. The Kier molecular flexibility index (Phi) is 7.78. The summed E-state index contributed by atoms with van der Waals surface area (Å²) in [4.78, 5) is 4.75. The van der Waals surface area contributed by atoms with Crippen LogP contribution in [0.1, 0.15) is 11.1 Å². The average molecular weight is 473 g/mol. The Bertz CT molecular complexity index is 1310. The van der Waals surface area contributed by atoms with Crippen molar-refractivity contribution in [3.63, 3.8) is 0 Å². The van der Waals surface area contributed by atoms with Gasteiger partial charge in [-0.05, 0) is 48.1 Å². The predicted octanol–water partition coefficient (Wildman–Crippen LogP) is 5.25. The topological polar surface area (TPSA) is 40.6 Å². The number of sulfone groups is 1. The molecule has 0 aliphatic carbocycles. The standard InChI is InChI=1S/C29H32N2O2S/c1-30(20-24-11-5-3-6-12-24)22-28(31(2)21-25-13-7-4-8-14-25)23-34(32,33)29-18-17-26-15-9-10-16-27(26)19-29/h3-19,28H,20-23H2,1-2H3. The van der Waals surface area contributed by atoms with E-state index in [0.717, 1.165) is 17.3 Å². The Morgan fingerprint density at radius 2 is 1.24 bits per heavy atom. The summed E-state index contributed by atoms with van der Waals surface area (Å²) < 4.78 is 27.1. The van der Waals surface area contributed by atoms with Crippen LogP contribution in [0.3, 0.4) is 0 Å². The molecule has 176 valence electrons. The minimum absolute atomic E-state index is 0.0633. The molecule has 0 spiro atoms. The van der Waals surface area contributed by atoms with Gasteiger partial charge in [-0.3, -0.25) is 4.90 Å². The smallest absolute Gasteiger partial charge is 0.179 e. The van der Waals surface area contributed by atoms with Crippen molar-refractivity contribution in [2.75, 3.05) is 26.4 Å². The molecule has 0 bridgehead atoms. The molecule has 4 rings (SSSR count). The lowest BCUT2D eigenvalue weighted by atomic mass is 10.1. The number of hydrogen-bond acceptors (Lipinski definition) is 4. The van der Waals surface area contributed by atoms with Crippen LogP contribution in [0.4, 0.5) is 0 Å². The van der Waals surface area contributed by atoms with Gasteiger partial charge in [0.1, 0.15) is 0 Å². The number of benzene rings is 4. The quantitative estimate of drug-likeness (QED) is 0.316. The Balaban J connectivity index is 1.56. The van der Waals surface area contributed by atoms with Crippen LogP contribution in [0.25, 0.3) is 10.8 Å². The fourth-order valence-electron chi connectivity index (χ4n) is 4.35. The van der Waals surface area contributed by atoms with Gasteiger partial charge >= 0.3 is 0 Å². The molecule has 0 heterocycles. The highest BCUT2D eigenvalue weighted by Crippen LogP contribution is 2.22. The molecule has 0 saturated carbocycles. The second kappa shape index (κ2) is 11.0. The predicted molar refractivity (Wildman–Crippen MR) is 140 cm³/mol. The molecule has 0 radical (unpaired) electrons. The van der Waals surface area contributed by atoms with Gasteiger partial charge in [-0.15, -0.1) is 0 Å². The van der Waals surface area contributed by atoms with E-state index in [1.807, 2.05) is 73.8 Å². The third-order valence-corrected chi connectivity index (χ3v) is 8.00. The highest BCUT2D eigenvalue weighted by molar-refractivity contribution is 7.91.